The van der Waals surface area contributed by atoms with Gasteiger partial charge < -0.3 is 11.1 Å². The summed E-state index contributed by atoms with van der Waals surface area (Å²) in [4.78, 5) is 13.5. The first-order valence-corrected chi connectivity index (χ1v) is 7.63. The first kappa shape index (κ1) is 14.5. The van der Waals surface area contributed by atoms with E-state index in [9.17, 15) is 9.18 Å². The van der Waals surface area contributed by atoms with E-state index in [1.165, 1.54) is 6.07 Å². The van der Waals surface area contributed by atoms with Gasteiger partial charge in [0.05, 0.1) is 0 Å². The topological polar surface area (TPSA) is 58.4 Å². The molecule has 1 aromatic carbocycles. The maximum Gasteiger partial charge on any atom is 0.248 e. The highest BCUT2D eigenvalue weighted by Gasteiger charge is 2.42. The van der Waals surface area contributed by atoms with E-state index < -0.39 is 5.91 Å². The van der Waals surface area contributed by atoms with Crippen molar-refractivity contribution >= 4 is 5.91 Å². The van der Waals surface area contributed by atoms with Gasteiger partial charge in [-0.3, -0.25) is 9.69 Å². The molecule has 3 rings (SSSR count). The minimum absolute atomic E-state index is 0.228. The molecule has 2 saturated heterocycles. The molecule has 2 aliphatic rings. The second-order valence-electron chi connectivity index (χ2n) is 6.16. The van der Waals surface area contributed by atoms with Crippen LogP contribution in [0.3, 0.4) is 0 Å². The molecule has 0 radical (unpaired) electrons. The van der Waals surface area contributed by atoms with Crippen LogP contribution in [0.4, 0.5) is 4.39 Å². The highest BCUT2D eigenvalue weighted by molar-refractivity contribution is 5.92. The second-order valence-corrected chi connectivity index (χ2v) is 6.16. The Morgan fingerprint density at radius 1 is 1.48 bits per heavy atom. The third-order valence-electron chi connectivity index (χ3n) is 4.95. The summed E-state index contributed by atoms with van der Waals surface area (Å²) in [6.45, 7) is 5.97. The Bertz CT molecular complexity index is 548. The van der Waals surface area contributed by atoms with Crippen molar-refractivity contribution in [2.75, 3.05) is 19.6 Å². The van der Waals surface area contributed by atoms with E-state index >= 15 is 0 Å². The molecule has 2 fully saturated rings. The van der Waals surface area contributed by atoms with E-state index in [1.807, 2.05) is 0 Å². The van der Waals surface area contributed by atoms with Crippen molar-refractivity contribution in [1.29, 1.82) is 0 Å². The van der Waals surface area contributed by atoms with Crippen LogP contribution in [0.25, 0.3) is 0 Å². The number of nitrogens with zero attached hydrogens (tertiary/aromatic N) is 1. The number of nitrogens with one attached hydrogen (secondary N) is 1. The van der Waals surface area contributed by atoms with Gasteiger partial charge in [-0.15, -0.1) is 0 Å². The van der Waals surface area contributed by atoms with E-state index in [0.717, 1.165) is 26.1 Å². The fourth-order valence-corrected chi connectivity index (χ4v) is 3.90. The monoisotopic (exact) mass is 291 g/mol. The normalized spacial score (nSPS) is 28.8. The molecule has 2 heterocycles. The summed E-state index contributed by atoms with van der Waals surface area (Å²) in [6, 6.07) is 5.06. The standard InChI is InChI=1S/C16H22FN3O/c1-2-15-13-7-19-6-12(13)9-20(15)8-11-4-3-10(16(18)21)5-14(11)17/h3-5,12-13,15,19H,2,6-9H2,1H3,(H2,18,21). The van der Waals surface area contributed by atoms with Crippen molar-refractivity contribution in [3.05, 3.63) is 35.1 Å². The maximum absolute atomic E-state index is 14.1. The SMILES string of the molecule is CCC1C2CNCC2CN1Cc1ccc(C(N)=O)cc1F. The van der Waals surface area contributed by atoms with Crippen LogP contribution in [-0.4, -0.2) is 36.5 Å². The van der Waals surface area contributed by atoms with E-state index in [-0.39, 0.29) is 11.4 Å². The summed E-state index contributed by atoms with van der Waals surface area (Å²) in [7, 11) is 0. The predicted molar refractivity (Wildman–Crippen MR) is 79.3 cm³/mol. The Balaban J connectivity index is 1.76. The average Bonchev–Trinajstić information content (AvgIpc) is 3.00. The summed E-state index contributed by atoms with van der Waals surface area (Å²) in [6.07, 6.45) is 1.09. The van der Waals surface area contributed by atoms with Crippen LogP contribution in [0, 0.1) is 17.7 Å². The molecule has 2 aliphatic heterocycles. The molecule has 3 N–H and O–H groups in total. The van der Waals surface area contributed by atoms with Crippen LogP contribution in [-0.2, 0) is 6.54 Å². The van der Waals surface area contributed by atoms with Crippen LogP contribution in [0.15, 0.2) is 18.2 Å². The number of halogens is 1. The molecule has 0 spiro atoms. The number of nitrogens with two attached hydrogens (primary N) is 1. The highest BCUT2D eigenvalue weighted by Crippen LogP contribution is 2.35. The Morgan fingerprint density at radius 3 is 2.95 bits per heavy atom. The van der Waals surface area contributed by atoms with Gasteiger partial charge in [-0.1, -0.05) is 13.0 Å². The first-order valence-electron chi connectivity index (χ1n) is 7.63. The van der Waals surface area contributed by atoms with Crippen molar-refractivity contribution in [2.45, 2.75) is 25.9 Å². The van der Waals surface area contributed by atoms with Crippen LogP contribution >= 0.6 is 0 Å². The number of amides is 1. The quantitative estimate of drug-likeness (QED) is 0.880. The molecule has 0 aliphatic carbocycles. The van der Waals surface area contributed by atoms with Crippen molar-refractivity contribution in [2.24, 2.45) is 17.6 Å². The number of carbonyl (C=O) groups excluding carboxylic acids is 1. The van der Waals surface area contributed by atoms with E-state index in [2.05, 4.69) is 17.1 Å². The Hall–Kier alpha value is -1.46. The number of likely N-dealkylation sites (tertiary alicyclic amines) is 1. The highest BCUT2D eigenvalue weighted by atomic mass is 19.1. The molecule has 21 heavy (non-hydrogen) atoms. The fraction of sp³-hybridized carbons (Fsp3) is 0.562. The zero-order chi connectivity index (χ0) is 15.0. The van der Waals surface area contributed by atoms with E-state index in [4.69, 9.17) is 5.73 Å². The lowest BCUT2D eigenvalue weighted by molar-refractivity contribution is 0.1000. The van der Waals surface area contributed by atoms with Crippen molar-refractivity contribution in [1.82, 2.24) is 10.2 Å². The molecule has 0 saturated carbocycles. The van der Waals surface area contributed by atoms with Gasteiger partial charge >= 0.3 is 0 Å². The largest absolute Gasteiger partial charge is 0.366 e. The number of primary amides is 1. The minimum atomic E-state index is -0.589. The second kappa shape index (κ2) is 5.73. The lowest BCUT2D eigenvalue weighted by Gasteiger charge is -2.27. The van der Waals surface area contributed by atoms with Gasteiger partial charge in [0.15, 0.2) is 0 Å². The molecule has 5 heteroatoms. The number of fused-ring (bicyclic) bond motifs is 1. The molecule has 3 unspecified atom stereocenters. The van der Waals surface area contributed by atoms with Gasteiger partial charge in [0.25, 0.3) is 0 Å². The van der Waals surface area contributed by atoms with Gasteiger partial charge in [-0.05, 0) is 43.5 Å². The predicted octanol–water partition coefficient (Wildman–Crippen LogP) is 1.35. The smallest absolute Gasteiger partial charge is 0.248 e. The average molecular weight is 291 g/mol. The number of hydrogen-bond donors (Lipinski definition) is 2. The van der Waals surface area contributed by atoms with Crippen LogP contribution in [0.5, 0.6) is 0 Å². The number of benzene rings is 1. The van der Waals surface area contributed by atoms with Crippen molar-refractivity contribution < 1.29 is 9.18 Å². The molecule has 0 bridgehead atoms. The van der Waals surface area contributed by atoms with Gasteiger partial charge in [0, 0.05) is 30.3 Å². The lowest BCUT2D eigenvalue weighted by Crippen LogP contribution is -2.34. The number of carbonyl (C=O) groups is 1. The number of rotatable bonds is 4. The summed E-state index contributed by atoms with van der Waals surface area (Å²) in [5.41, 5.74) is 6.05. The van der Waals surface area contributed by atoms with E-state index in [0.29, 0.717) is 30.0 Å². The molecule has 114 valence electrons. The Kier molecular flexibility index (Phi) is 3.95. The molecule has 1 amide bonds. The molecule has 3 atom stereocenters. The molecule has 0 aromatic heterocycles. The van der Waals surface area contributed by atoms with Crippen molar-refractivity contribution in [3.8, 4) is 0 Å². The Morgan fingerprint density at radius 2 is 2.29 bits per heavy atom. The molecular formula is C16H22FN3O. The lowest BCUT2D eigenvalue weighted by atomic mass is 9.93. The summed E-state index contributed by atoms with van der Waals surface area (Å²) in [5.74, 6) is 0.441. The van der Waals surface area contributed by atoms with Crippen LogP contribution in [0.2, 0.25) is 0 Å². The molecular weight excluding hydrogens is 269 g/mol. The zero-order valence-electron chi connectivity index (χ0n) is 12.3. The Labute approximate surface area is 124 Å². The third kappa shape index (κ3) is 2.68. The van der Waals surface area contributed by atoms with Gasteiger partial charge in [0.1, 0.15) is 5.82 Å². The first-order chi connectivity index (χ1) is 10.1. The third-order valence-corrected chi connectivity index (χ3v) is 4.95. The summed E-state index contributed by atoms with van der Waals surface area (Å²) >= 11 is 0. The van der Waals surface area contributed by atoms with Gasteiger partial charge in [0.2, 0.25) is 5.91 Å². The summed E-state index contributed by atoms with van der Waals surface area (Å²) < 4.78 is 14.1. The van der Waals surface area contributed by atoms with Crippen LogP contribution < -0.4 is 11.1 Å². The maximum atomic E-state index is 14.1. The van der Waals surface area contributed by atoms with E-state index in [1.54, 1.807) is 12.1 Å². The zero-order valence-corrected chi connectivity index (χ0v) is 12.3. The molecule has 4 nitrogen and oxygen atoms in total. The molecule has 1 aromatic rings. The summed E-state index contributed by atoms with van der Waals surface area (Å²) in [5, 5.41) is 3.45. The fourth-order valence-electron chi connectivity index (χ4n) is 3.90. The van der Waals surface area contributed by atoms with Crippen molar-refractivity contribution in [3.63, 3.8) is 0 Å². The van der Waals surface area contributed by atoms with Crippen LogP contribution in [0.1, 0.15) is 29.3 Å². The minimum Gasteiger partial charge on any atom is -0.366 e. The van der Waals surface area contributed by atoms with Gasteiger partial charge in [-0.2, -0.15) is 0 Å². The number of hydrogen-bond acceptors (Lipinski definition) is 3. The van der Waals surface area contributed by atoms with Gasteiger partial charge in [-0.25, -0.2) is 4.39 Å².